The molecule has 3 aromatic rings. The van der Waals surface area contributed by atoms with Crippen molar-refractivity contribution in [2.75, 3.05) is 26.6 Å². The summed E-state index contributed by atoms with van der Waals surface area (Å²) in [4.78, 5) is 13.1. The molecule has 150 valence electrons. The minimum atomic E-state index is -0.684. The number of methoxy groups -OCH3 is 3. The molecule has 0 aliphatic heterocycles. The van der Waals surface area contributed by atoms with E-state index in [4.69, 9.17) is 18.7 Å². The summed E-state index contributed by atoms with van der Waals surface area (Å²) in [5, 5.41) is 7.14. The second-order valence-corrected chi connectivity index (χ2v) is 6.89. The molecule has 0 bridgehead atoms. The third-order valence-electron chi connectivity index (χ3n) is 5.17. The number of carbonyl (C=O) groups excluding carboxylic acids is 1. The Morgan fingerprint density at radius 1 is 1.00 bits per heavy atom. The summed E-state index contributed by atoms with van der Waals surface area (Å²) < 4.78 is 21.5. The highest BCUT2D eigenvalue weighted by Gasteiger charge is 2.54. The molecule has 1 amide bonds. The average molecular weight is 394 g/mol. The fourth-order valence-corrected chi connectivity index (χ4v) is 3.37. The van der Waals surface area contributed by atoms with E-state index in [0.29, 0.717) is 47.2 Å². The molecule has 0 atom stereocenters. The first kappa shape index (κ1) is 18.9. The molecule has 1 heterocycles. The van der Waals surface area contributed by atoms with Gasteiger partial charge in [-0.05, 0) is 12.8 Å². The number of ether oxygens (including phenoxy) is 3. The molecule has 1 fully saturated rings. The molecule has 7 nitrogen and oxygen atoms in total. The summed E-state index contributed by atoms with van der Waals surface area (Å²) in [6.45, 7) is 0. The molecule has 29 heavy (non-hydrogen) atoms. The van der Waals surface area contributed by atoms with Gasteiger partial charge in [0.1, 0.15) is 0 Å². The van der Waals surface area contributed by atoms with Gasteiger partial charge in [0.2, 0.25) is 11.7 Å². The van der Waals surface area contributed by atoms with E-state index >= 15 is 0 Å². The summed E-state index contributed by atoms with van der Waals surface area (Å²) in [5.41, 5.74) is 1.44. The van der Waals surface area contributed by atoms with Crippen LogP contribution in [0.15, 0.2) is 53.1 Å². The van der Waals surface area contributed by atoms with Gasteiger partial charge < -0.3 is 24.1 Å². The molecule has 0 radical (unpaired) electrons. The SMILES string of the molecule is COc1cc(NC(=O)C2(c3cc(-c4ccccc4)on3)CC2)cc(OC)c1OC. The van der Waals surface area contributed by atoms with E-state index in [0.717, 1.165) is 5.56 Å². The average Bonchev–Trinajstić information content (AvgIpc) is 3.43. The summed E-state index contributed by atoms with van der Waals surface area (Å²) in [6.07, 6.45) is 1.42. The lowest BCUT2D eigenvalue weighted by Crippen LogP contribution is -2.28. The van der Waals surface area contributed by atoms with E-state index in [2.05, 4.69) is 10.5 Å². The number of hydrogen-bond acceptors (Lipinski definition) is 6. The van der Waals surface area contributed by atoms with Gasteiger partial charge in [-0.25, -0.2) is 0 Å². The lowest BCUT2D eigenvalue weighted by Gasteiger charge is -2.16. The lowest BCUT2D eigenvalue weighted by atomic mass is 10.00. The Bertz CT molecular complexity index is 1000. The van der Waals surface area contributed by atoms with Crippen molar-refractivity contribution in [1.29, 1.82) is 0 Å². The first-order valence-electron chi connectivity index (χ1n) is 9.25. The number of benzene rings is 2. The van der Waals surface area contributed by atoms with Gasteiger partial charge in [0.05, 0.1) is 32.4 Å². The predicted molar refractivity (Wildman–Crippen MR) is 108 cm³/mol. The van der Waals surface area contributed by atoms with Crippen LogP contribution in [0.2, 0.25) is 0 Å². The van der Waals surface area contributed by atoms with Crippen molar-refractivity contribution >= 4 is 11.6 Å². The normalized spacial score (nSPS) is 14.2. The van der Waals surface area contributed by atoms with Crippen LogP contribution in [0.3, 0.4) is 0 Å². The van der Waals surface area contributed by atoms with Gasteiger partial charge in [-0.3, -0.25) is 4.79 Å². The Labute approximate surface area is 168 Å². The molecule has 0 saturated heterocycles. The van der Waals surface area contributed by atoms with Crippen molar-refractivity contribution in [2.45, 2.75) is 18.3 Å². The van der Waals surface area contributed by atoms with Crippen LogP contribution in [0.1, 0.15) is 18.5 Å². The van der Waals surface area contributed by atoms with E-state index in [1.165, 1.54) is 21.3 Å². The molecule has 0 spiro atoms. The molecule has 1 saturated carbocycles. The summed E-state index contributed by atoms with van der Waals surface area (Å²) in [5.74, 6) is 1.92. The van der Waals surface area contributed by atoms with Crippen LogP contribution in [0.25, 0.3) is 11.3 Å². The highest BCUT2D eigenvalue weighted by molar-refractivity contribution is 6.01. The number of amides is 1. The first-order valence-corrected chi connectivity index (χ1v) is 9.25. The second kappa shape index (κ2) is 7.50. The number of aromatic nitrogens is 1. The van der Waals surface area contributed by atoms with E-state index < -0.39 is 5.41 Å². The standard InChI is InChI=1S/C22H22N2O5/c1-26-17-11-15(12-18(27-2)20(17)28-3)23-21(25)22(9-10-22)19-13-16(29-24-19)14-7-5-4-6-8-14/h4-8,11-13H,9-10H2,1-3H3,(H,23,25). The molecule has 1 aromatic heterocycles. The van der Waals surface area contributed by atoms with Crippen molar-refractivity contribution < 1.29 is 23.5 Å². The topological polar surface area (TPSA) is 82.8 Å². The van der Waals surface area contributed by atoms with Gasteiger partial charge >= 0.3 is 0 Å². The van der Waals surface area contributed by atoms with E-state index in [9.17, 15) is 4.79 Å². The summed E-state index contributed by atoms with van der Waals surface area (Å²) in [6, 6.07) is 14.9. The van der Waals surface area contributed by atoms with Crippen LogP contribution in [-0.2, 0) is 10.2 Å². The number of carbonyl (C=O) groups is 1. The van der Waals surface area contributed by atoms with Crippen molar-refractivity contribution in [3.63, 3.8) is 0 Å². The molecule has 2 aromatic carbocycles. The highest BCUT2D eigenvalue weighted by Crippen LogP contribution is 2.49. The minimum absolute atomic E-state index is 0.139. The number of nitrogens with zero attached hydrogens (tertiary/aromatic N) is 1. The van der Waals surface area contributed by atoms with Gasteiger partial charge in [0, 0.05) is 29.4 Å². The lowest BCUT2D eigenvalue weighted by molar-refractivity contribution is -0.118. The third-order valence-corrected chi connectivity index (χ3v) is 5.17. The van der Waals surface area contributed by atoms with Crippen molar-refractivity contribution in [1.82, 2.24) is 5.16 Å². The minimum Gasteiger partial charge on any atom is -0.493 e. The van der Waals surface area contributed by atoms with E-state index in [1.54, 1.807) is 12.1 Å². The zero-order valence-corrected chi connectivity index (χ0v) is 16.5. The van der Waals surface area contributed by atoms with Crippen LogP contribution in [0.4, 0.5) is 5.69 Å². The Morgan fingerprint density at radius 2 is 1.66 bits per heavy atom. The molecule has 4 rings (SSSR count). The quantitative estimate of drug-likeness (QED) is 0.651. The van der Waals surface area contributed by atoms with Crippen LogP contribution in [0.5, 0.6) is 17.2 Å². The van der Waals surface area contributed by atoms with Gasteiger partial charge in [-0.15, -0.1) is 0 Å². The van der Waals surface area contributed by atoms with E-state index in [-0.39, 0.29) is 5.91 Å². The van der Waals surface area contributed by atoms with Crippen molar-refractivity contribution in [3.05, 3.63) is 54.2 Å². The van der Waals surface area contributed by atoms with Crippen LogP contribution in [-0.4, -0.2) is 32.4 Å². The summed E-state index contributed by atoms with van der Waals surface area (Å²) >= 11 is 0. The molecule has 0 unspecified atom stereocenters. The second-order valence-electron chi connectivity index (χ2n) is 6.89. The Morgan fingerprint density at radius 3 is 2.21 bits per heavy atom. The van der Waals surface area contributed by atoms with Gasteiger partial charge in [-0.2, -0.15) is 0 Å². The Balaban J connectivity index is 1.58. The van der Waals surface area contributed by atoms with Gasteiger partial charge in [0.25, 0.3) is 0 Å². The molecule has 1 aliphatic rings. The molecule has 1 N–H and O–H groups in total. The Kier molecular flexibility index (Phi) is 4.88. The number of hydrogen-bond donors (Lipinski definition) is 1. The van der Waals surface area contributed by atoms with Gasteiger partial charge in [-0.1, -0.05) is 35.5 Å². The number of nitrogens with one attached hydrogen (secondary N) is 1. The maximum atomic E-state index is 13.1. The predicted octanol–water partition coefficient (Wildman–Crippen LogP) is 4.04. The monoisotopic (exact) mass is 394 g/mol. The zero-order chi connectivity index (χ0) is 20.4. The van der Waals surface area contributed by atoms with Crippen LogP contribution >= 0.6 is 0 Å². The van der Waals surface area contributed by atoms with Gasteiger partial charge in [0.15, 0.2) is 17.3 Å². The van der Waals surface area contributed by atoms with E-state index in [1.807, 2.05) is 36.4 Å². The fraction of sp³-hybridized carbons (Fsp3) is 0.273. The maximum Gasteiger partial charge on any atom is 0.236 e. The number of anilines is 1. The van der Waals surface area contributed by atoms with Crippen molar-refractivity contribution in [2.24, 2.45) is 0 Å². The largest absolute Gasteiger partial charge is 0.493 e. The van der Waals surface area contributed by atoms with Crippen LogP contribution in [0, 0.1) is 0 Å². The smallest absolute Gasteiger partial charge is 0.236 e. The molecule has 1 aliphatic carbocycles. The molecular formula is C22H22N2O5. The van der Waals surface area contributed by atoms with Crippen molar-refractivity contribution in [3.8, 4) is 28.6 Å². The molecular weight excluding hydrogens is 372 g/mol. The first-order chi connectivity index (χ1) is 14.1. The fourth-order valence-electron chi connectivity index (χ4n) is 3.37. The highest BCUT2D eigenvalue weighted by atomic mass is 16.5. The Hall–Kier alpha value is -3.48. The third kappa shape index (κ3) is 3.40. The molecule has 7 heteroatoms. The zero-order valence-electron chi connectivity index (χ0n) is 16.5. The summed E-state index contributed by atoms with van der Waals surface area (Å²) in [7, 11) is 4.60. The number of rotatable bonds is 7. The van der Waals surface area contributed by atoms with Crippen LogP contribution < -0.4 is 19.5 Å². The maximum absolute atomic E-state index is 13.1.